The average molecular weight is 396 g/mol. The van der Waals surface area contributed by atoms with E-state index in [4.69, 9.17) is 14.5 Å². The number of nitrogens with zero attached hydrogens (tertiary/aromatic N) is 3. The lowest BCUT2D eigenvalue weighted by Gasteiger charge is -2.38. The van der Waals surface area contributed by atoms with E-state index in [0.29, 0.717) is 5.92 Å². The van der Waals surface area contributed by atoms with E-state index >= 15 is 0 Å². The summed E-state index contributed by atoms with van der Waals surface area (Å²) in [4.78, 5) is 11.9. The zero-order valence-electron chi connectivity index (χ0n) is 17.4. The fourth-order valence-electron chi connectivity index (χ4n) is 5.51. The molecular weight excluding hydrogens is 362 g/mol. The van der Waals surface area contributed by atoms with Gasteiger partial charge in [0.1, 0.15) is 6.33 Å². The molecule has 0 N–H and O–H groups in total. The Hall–Kier alpha value is -1.56. The van der Waals surface area contributed by atoms with Crippen molar-refractivity contribution in [2.24, 2.45) is 5.92 Å². The molecule has 0 radical (unpaired) electrons. The topological polar surface area (TPSA) is 47.5 Å². The minimum Gasteiger partial charge on any atom is -0.381 e. The molecule has 5 nitrogen and oxygen atoms in total. The normalized spacial score (nSPS) is 27.3. The van der Waals surface area contributed by atoms with Gasteiger partial charge in [-0.25, -0.2) is 9.97 Å². The molecule has 3 heterocycles. The molecule has 0 atom stereocenters. The summed E-state index contributed by atoms with van der Waals surface area (Å²) in [5, 5.41) is 1.27. The first-order valence-corrected chi connectivity index (χ1v) is 11.5. The second-order valence-corrected chi connectivity index (χ2v) is 9.01. The van der Waals surface area contributed by atoms with Crippen molar-refractivity contribution in [1.29, 1.82) is 0 Å². The van der Waals surface area contributed by atoms with Crippen LogP contribution in [0.2, 0.25) is 0 Å². The van der Waals surface area contributed by atoms with Crippen LogP contribution >= 0.6 is 0 Å². The Morgan fingerprint density at radius 3 is 2.41 bits per heavy atom. The third-order valence-corrected chi connectivity index (χ3v) is 7.29. The molecule has 5 heteroatoms. The van der Waals surface area contributed by atoms with E-state index in [-0.39, 0.29) is 0 Å². The van der Waals surface area contributed by atoms with Crippen LogP contribution in [0.4, 0.5) is 0 Å². The monoisotopic (exact) mass is 395 g/mol. The van der Waals surface area contributed by atoms with Crippen LogP contribution in [0, 0.1) is 5.92 Å². The Labute approximate surface area is 173 Å². The van der Waals surface area contributed by atoms with Gasteiger partial charge in [-0.1, -0.05) is 6.07 Å². The van der Waals surface area contributed by atoms with Crippen LogP contribution in [0.1, 0.15) is 55.7 Å². The van der Waals surface area contributed by atoms with Gasteiger partial charge in [-0.2, -0.15) is 0 Å². The molecule has 3 aliphatic rings. The summed E-state index contributed by atoms with van der Waals surface area (Å²) in [6.45, 7) is 5.80. The lowest BCUT2D eigenvalue weighted by atomic mass is 9.82. The molecule has 1 aliphatic carbocycles. The van der Waals surface area contributed by atoms with E-state index in [9.17, 15) is 0 Å². The highest BCUT2D eigenvalue weighted by molar-refractivity contribution is 5.81. The van der Waals surface area contributed by atoms with Crippen LogP contribution in [0.15, 0.2) is 24.5 Å². The molecule has 0 unspecified atom stereocenters. The quantitative estimate of drug-likeness (QED) is 0.784. The van der Waals surface area contributed by atoms with E-state index in [1.807, 2.05) is 0 Å². The molecule has 2 aromatic rings. The SMILES string of the molecule is c1nc(CC2CCC(N3CCOCC3)CC2)c2cc(C3CCOCC3)ccc2n1. The second-order valence-electron chi connectivity index (χ2n) is 9.01. The third-order valence-electron chi connectivity index (χ3n) is 7.29. The van der Waals surface area contributed by atoms with Gasteiger partial charge in [0, 0.05) is 37.7 Å². The van der Waals surface area contributed by atoms with Gasteiger partial charge in [-0.3, -0.25) is 4.90 Å². The summed E-state index contributed by atoms with van der Waals surface area (Å²) in [5.74, 6) is 1.36. The summed E-state index contributed by atoms with van der Waals surface area (Å²) in [6.07, 6.45) is 10.4. The van der Waals surface area contributed by atoms with Crippen LogP contribution < -0.4 is 0 Å². The highest BCUT2D eigenvalue weighted by atomic mass is 16.5. The van der Waals surface area contributed by atoms with Crippen molar-refractivity contribution in [3.63, 3.8) is 0 Å². The molecule has 1 saturated carbocycles. The van der Waals surface area contributed by atoms with Crippen LogP contribution in [-0.4, -0.2) is 60.4 Å². The molecule has 1 aromatic carbocycles. The van der Waals surface area contributed by atoms with E-state index in [2.05, 4.69) is 28.1 Å². The number of morpholine rings is 1. The predicted molar refractivity (Wildman–Crippen MR) is 114 cm³/mol. The Balaban J connectivity index is 1.27. The van der Waals surface area contributed by atoms with E-state index < -0.39 is 0 Å². The molecule has 0 spiro atoms. The molecule has 2 saturated heterocycles. The predicted octanol–water partition coefficient (Wildman–Crippen LogP) is 3.96. The first kappa shape index (κ1) is 19.4. The fraction of sp³-hybridized carbons (Fsp3) is 0.667. The molecule has 5 rings (SSSR count). The zero-order chi connectivity index (χ0) is 19.5. The Bertz CT molecular complexity index is 807. The van der Waals surface area contributed by atoms with Crippen molar-refractivity contribution in [2.45, 2.75) is 56.9 Å². The number of fused-ring (bicyclic) bond motifs is 1. The molecule has 1 aromatic heterocycles. The largest absolute Gasteiger partial charge is 0.381 e. The van der Waals surface area contributed by atoms with Gasteiger partial charge in [-0.05, 0) is 74.5 Å². The van der Waals surface area contributed by atoms with Crippen LogP contribution in [0.5, 0.6) is 0 Å². The van der Waals surface area contributed by atoms with Gasteiger partial charge >= 0.3 is 0 Å². The van der Waals surface area contributed by atoms with Gasteiger partial charge in [0.2, 0.25) is 0 Å². The van der Waals surface area contributed by atoms with Crippen molar-refractivity contribution in [3.8, 4) is 0 Å². The number of benzene rings is 1. The standard InChI is InChI=1S/C24H33N3O2/c1-4-21(27-9-13-29-14-10-27)5-2-18(1)15-24-22-16-20(19-7-11-28-12-8-19)3-6-23(22)25-17-26-24/h3,6,16-19,21H,1-2,4-5,7-15H2. The van der Waals surface area contributed by atoms with Crippen molar-refractivity contribution in [3.05, 3.63) is 35.8 Å². The Morgan fingerprint density at radius 2 is 1.62 bits per heavy atom. The van der Waals surface area contributed by atoms with Gasteiger partial charge in [-0.15, -0.1) is 0 Å². The number of hydrogen-bond acceptors (Lipinski definition) is 5. The highest BCUT2D eigenvalue weighted by Gasteiger charge is 2.27. The lowest BCUT2D eigenvalue weighted by Crippen LogP contribution is -2.45. The first-order valence-electron chi connectivity index (χ1n) is 11.5. The minimum atomic E-state index is 0.616. The Morgan fingerprint density at radius 1 is 0.862 bits per heavy atom. The average Bonchev–Trinajstić information content (AvgIpc) is 2.81. The van der Waals surface area contributed by atoms with Gasteiger partial charge in [0.25, 0.3) is 0 Å². The van der Waals surface area contributed by atoms with E-state index in [1.165, 1.54) is 42.3 Å². The van der Waals surface area contributed by atoms with Crippen LogP contribution in [0.3, 0.4) is 0 Å². The number of hydrogen-bond donors (Lipinski definition) is 0. The van der Waals surface area contributed by atoms with Crippen molar-refractivity contribution in [1.82, 2.24) is 14.9 Å². The third kappa shape index (κ3) is 4.47. The maximum Gasteiger partial charge on any atom is 0.116 e. The molecule has 2 aliphatic heterocycles. The zero-order valence-corrected chi connectivity index (χ0v) is 17.4. The summed E-state index contributed by atoms with van der Waals surface area (Å²) in [7, 11) is 0. The van der Waals surface area contributed by atoms with E-state index in [0.717, 1.165) is 76.3 Å². The molecule has 0 amide bonds. The van der Waals surface area contributed by atoms with Gasteiger partial charge < -0.3 is 9.47 Å². The maximum absolute atomic E-state index is 5.55. The maximum atomic E-state index is 5.55. The number of rotatable bonds is 4. The Kier molecular flexibility index (Phi) is 6.07. The number of aromatic nitrogens is 2. The molecule has 0 bridgehead atoms. The van der Waals surface area contributed by atoms with Gasteiger partial charge in [0.15, 0.2) is 0 Å². The van der Waals surface area contributed by atoms with Crippen molar-refractivity contribution in [2.75, 3.05) is 39.5 Å². The summed E-state index contributed by atoms with van der Waals surface area (Å²) in [5.41, 5.74) is 3.78. The van der Waals surface area contributed by atoms with E-state index in [1.54, 1.807) is 6.33 Å². The second kappa shape index (κ2) is 9.07. The molecule has 156 valence electrons. The number of ether oxygens (including phenoxy) is 2. The van der Waals surface area contributed by atoms with Crippen LogP contribution in [0.25, 0.3) is 10.9 Å². The van der Waals surface area contributed by atoms with Crippen molar-refractivity contribution < 1.29 is 9.47 Å². The van der Waals surface area contributed by atoms with Crippen molar-refractivity contribution >= 4 is 10.9 Å². The lowest BCUT2D eigenvalue weighted by molar-refractivity contribution is 0.00494. The van der Waals surface area contributed by atoms with Crippen LogP contribution in [-0.2, 0) is 15.9 Å². The molecular formula is C24H33N3O2. The van der Waals surface area contributed by atoms with Gasteiger partial charge in [0.05, 0.1) is 24.4 Å². The summed E-state index contributed by atoms with van der Waals surface area (Å²) >= 11 is 0. The first-order chi connectivity index (χ1) is 14.4. The highest BCUT2D eigenvalue weighted by Crippen LogP contribution is 2.33. The summed E-state index contributed by atoms with van der Waals surface area (Å²) < 4.78 is 11.1. The molecule has 3 fully saturated rings. The fourth-order valence-corrected chi connectivity index (χ4v) is 5.51. The smallest absolute Gasteiger partial charge is 0.116 e. The minimum absolute atomic E-state index is 0.616. The summed E-state index contributed by atoms with van der Waals surface area (Å²) in [6, 6.07) is 7.60. The molecule has 29 heavy (non-hydrogen) atoms.